The monoisotopic (exact) mass is 459 g/mol. The van der Waals surface area contributed by atoms with E-state index in [4.69, 9.17) is 4.74 Å². The SMILES string of the molecule is CCNC(=NCc1nccn1C(F)F)NCCOCCC(C)C.I. The number of nitrogens with one attached hydrogen (secondary N) is 2. The topological polar surface area (TPSA) is 63.5 Å². The van der Waals surface area contributed by atoms with E-state index in [0.717, 1.165) is 17.6 Å². The molecule has 0 aromatic carbocycles. The van der Waals surface area contributed by atoms with E-state index in [1.54, 1.807) is 0 Å². The summed E-state index contributed by atoms with van der Waals surface area (Å²) in [4.78, 5) is 8.17. The molecule has 0 saturated heterocycles. The Balaban J connectivity index is 0.00000529. The first kappa shape index (κ1) is 23.0. The average Bonchev–Trinajstić information content (AvgIpc) is 2.96. The number of halogens is 3. The number of rotatable bonds is 10. The van der Waals surface area contributed by atoms with Gasteiger partial charge in [-0.05, 0) is 19.3 Å². The van der Waals surface area contributed by atoms with Crippen LogP contribution in [0.25, 0.3) is 0 Å². The van der Waals surface area contributed by atoms with Gasteiger partial charge in [0.2, 0.25) is 0 Å². The van der Waals surface area contributed by atoms with Crippen molar-refractivity contribution >= 4 is 29.9 Å². The summed E-state index contributed by atoms with van der Waals surface area (Å²) in [5, 5.41) is 6.17. The second-order valence-electron chi connectivity index (χ2n) is 5.45. The van der Waals surface area contributed by atoms with Gasteiger partial charge in [-0.25, -0.2) is 9.98 Å². The molecule has 0 bridgehead atoms. The number of aromatic nitrogens is 2. The van der Waals surface area contributed by atoms with Crippen LogP contribution in [0.4, 0.5) is 8.78 Å². The molecule has 0 spiro atoms. The number of hydrogen-bond donors (Lipinski definition) is 2. The first-order valence-corrected chi connectivity index (χ1v) is 7.94. The molecule has 140 valence electrons. The Hall–Kier alpha value is -0.970. The molecule has 0 atom stereocenters. The van der Waals surface area contributed by atoms with Crippen LogP contribution in [0.1, 0.15) is 39.6 Å². The fraction of sp³-hybridized carbons (Fsp3) is 0.733. The van der Waals surface area contributed by atoms with Crippen molar-refractivity contribution < 1.29 is 13.5 Å². The molecule has 1 heterocycles. The maximum Gasteiger partial charge on any atom is 0.319 e. The summed E-state index contributed by atoms with van der Waals surface area (Å²) >= 11 is 0. The predicted octanol–water partition coefficient (Wildman–Crippen LogP) is 3.01. The second-order valence-corrected chi connectivity index (χ2v) is 5.45. The largest absolute Gasteiger partial charge is 0.380 e. The van der Waals surface area contributed by atoms with Gasteiger partial charge in [-0.15, -0.1) is 24.0 Å². The van der Waals surface area contributed by atoms with Gasteiger partial charge in [-0.1, -0.05) is 13.8 Å². The predicted molar refractivity (Wildman–Crippen MR) is 102 cm³/mol. The van der Waals surface area contributed by atoms with Gasteiger partial charge in [0.05, 0.1) is 6.61 Å². The molecule has 1 rings (SSSR count). The van der Waals surface area contributed by atoms with Crippen LogP contribution in [0.3, 0.4) is 0 Å². The van der Waals surface area contributed by atoms with E-state index < -0.39 is 6.55 Å². The fourth-order valence-corrected chi connectivity index (χ4v) is 1.80. The molecule has 1 aromatic heterocycles. The summed E-state index contributed by atoms with van der Waals surface area (Å²) in [6.07, 6.45) is 3.63. The van der Waals surface area contributed by atoms with Crippen LogP contribution < -0.4 is 10.6 Å². The van der Waals surface area contributed by atoms with Gasteiger partial charge in [0, 0.05) is 32.1 Å². The molecule has 9 heteroatoms. The van der Waals surface area contributed by atoms with Crippen LogP contribution in [0.15, 0.2) is 17.4 Å². The van der Waals surface area contributed by atoms with Gasteiger partial charge in [0.15, 0.2) is 5.96 Å². The Morgan fingerprint density at radius 2 is 2.08 bits per heavy atom. The van der Waals surface area contributed by atoms with Crippen molar-refractivity contribution in [2.24, 2.45) is 10.9 Å². The Bertz CT molecular complexity index is 468. The van der Waals surface area contributed by atoms with Crippen molar-refractivity contribution in [2.75, 3.05) is 26.3 Å². The van der Waals surface area contributed by atoms with Crippen LogP contribution in [0.2, 0.25) is 0 Å². The lowest BCUT2D eigenvalue weighted by atomic mass is 10.1. The van der Waals surface area contributed by atoms with Crippen LogP contribution in [0, 0.1) is 5.92 Å². The number of imidazole rings is 1. The zero-order chi connectivity index (χ0) is 17.1. The molecule has 0 amide bonds. The molecule has 1 aromatic rings. The fourth-order valence-electron chi connectivity index (χ4n) is 1.80. The molecule has 0 aliphatic rings. The zero-order valence-electron chi connectivity index (χ0n) is 14.5. The highest BCUT2D eigenvalue weighted by atomic mass is 127. The lowest BCUT2D eigenvalue weighted by Crippen LogP contribution is -2.39. The lowest BCUT2D eigenvalue weighted by molar-refractivity contribution is 0.0671. The first-order chi connectivity index (χ1) is 11.0. The number of hydrogen-bond acceptors (Lipinski definition) is 3. The van der Waals surface area contributed by atoms with E-state index in [9.17, 15) is 8.78 Å². The Labute approximate surface area is 159 Å². The summed E-state index contributed by atoms with van der Waals surface area (Å²) in [6, 6.07) is 0. The van der Waals surface area contributed by atoms with Crippen molar-refractivity contribution in [3.63, 3.8) is 0 Å². The molecular weight excluding hydrogens is 431 g/mol. The van der Waals surface area contributed by atoms with Crippen molar-refractivity contribution in [1.29, 1.82) is 0 Å². The smallest absolute Gasteiger partial charge is 0.319 e. The zero-order valence-corrected chi connectivity index (χ0v) is 16.8. The number of guanidine groups is 1. The van der Waals surface area contributed by atoms with E-state index >= 15 is 0 Å². The summed E-state index contributed by atoms with van der Waals surface area (Å²) < 4.78 is 31.8. The molecular formula is C15H28F2IN5O. The number of aliphatic imine (C=N–C) groups is 1. The van der Waals surface area contributed by atoms with Crippen molar-refractivity contribution in [1.82, 2.24) is 20.2 Å². The third-order valence-corrected chi connectivity index (χ3v) is 3.06. The van der Waals surface area contributed by atoms with Gasteiger partial charge in [0.25, 0.3) is 0 Å². The molecule has 2 N–H and O–H groups in total. The number of nitrogens with zero attached hydrogens (tertiary/aromatic N) is 3. The molecule has 0 fully saturated rings. The molecule has 0 saturated carbocycles. The second kappa shape index (κ2) is 13.3. The van der Waals surface area contributed by atoms with Crippen LogP contribution in [0.5, 0.6) is 0 Å². The summed E-state index contributed by atoms with van der Waals surface area (Å²) in [5.74, 6) is 1.41. The van der Waals surface area contributed by atoms with Gasteiger partial charge in [-0.3, -0.25) is 4.57 Å². The van der Waals surface area contributed by atoms with E-state index in [0.29, 0.717) is 31.6 Å². The van der Waals surface area contributed by atoms with Gasteiger partial charge in [-0.2, -0.15) is 8.78 Å². The summed E-state index contributed by atoms with van der Waals surface area (Å²) in [7, 11) is 0. The van der Waals surface area contributed by atoms with Crippen molar-refractivity contribution in [2.45, 2.75) is 40.3 Å². The van der Waals surface area contributed by atoms with Crippen molar-refractivity contribution in [3.05, 3.63) is 18.2 Å². The third-order valence-electron chi connectivity index (χ3n) is 3.06. The summed E-state index contributed by atoms with van der Waals surface area (Å²) in [5.41, 5.74) is 0. The van der Waals surface area contributed by atoms with E-state index in [1.807, 2.05) is 6.92 Å². The van der Waals surface area contributed by atoms with E-state index in [2.05, 4.69) is 34.5 Å². The van der Waals surface area contributed by atoms with Gasteiger partial charge in [0.1, 0.15) is 12.4 Å². The Morgan fingerprint density at radius 3 is 2.71 bits per heavy atom. The van der Waals surface area contributed by atoms with E-state index in [1.165, 1.54) is 12.4 Å². The van der Waals surface area contributed by atoms with Crippen LogP contribution >= 0.6 is 24.0 Å². The molecule has 6 nitrogen and oxygen atoms in total. The standard InChI is InChI=1S/C15H27F2N5O.HI/c1-4-18-15(20-7-10-23-9-5-12(2)3)21-11-13-19-6-8-22(13)14(16)17;/h6,8,12,14H,4-5,7,9-11H2,1-3H3,(H2,18,20,21);1H. The maximum atomic E-state index is 12.7. The minimum atomic E-state index is -2.60. The summed E-state index contributed by atoms with van der Waals surface area (Å²) in [6.45, 7) is 6.32. The molecule has 0 aliphatic heterocycles. The maximum absolute atomic E-state index is 12.7. The Kier molecular flexibility index (Phi) is 12.8. The molecule has 0 aliphatic carbocycles. The van der Waals surface area contributed by atoms with Crippen molar-refractivity contribution in [3.8, 4) is 0 Å². The van der Waals surface area contributed by atoms with Gasteiger partial charge >= 0.3 is 6.55 Å². The highest BCUT2D eigenvalue weighted by Crippen LogP contribution is 2.12. The third kappa shape index (κ3) is 9.36. The minimum Gasteiger partial charge on any atom is -0.380 e. The minimum absolute atomic E-state index is 0. The van der Waals surface area contributed by atoms with Gasteiger partial charge < -0.3 is 15.4 Å². The molecule has 24 heavy (non-hydrogen) atoms. The van der Waals surface area contributed by atoms with Crippen LogP contribution in [-0.2, 0) is 11.3 Å². The number of alkyl halides is 2. The molecule has 0 radical (unpaired) electrons. The highest BCUT2D eigenvalue weighted by Gasteiger charge is 2.10. The average molecular weight is 459 g/mol. The quantitative estimate of drug-likeness (QED) is 0.245. The molecule has 0 unspecified atom stereocenters. The lowest BCUT2D eigenvalue weighted by Gasteiger charge is -2.12. The van der Waals surface area contributed by atoms with E-state index in [-0.39, 0.29) is 36.3 Å². The van der Waals surface area contributed by atoms with Crippen LogP contribution in [-0.4, -0.2) is 41.8 Å². The Morgan fingerprint density at radius 1 is 1.33 bits per heavy atom. The first-order valence-electron chi connectivity index (χ1n) is 7.94. The number of ether oxygens (including phenoxy) is 1. The highest BCUT2D eigenvalue weighted by molar-refractivity contribution is 14.0. The normalized spacial score (nSPS) is 11.7.